The number of carbonyl (C=O) groups is 1. The lowest BCUT2D eigenvalue weighted by Gasteiger charge is -2.35. The normalized spacial score (nSPS) is 20.8. The van der Waals surface area contributed by atoms with Crippen LogP contribution >= 0.6 is 0 Å². The van der Waals surface area contributed by atoms with Gasteiger partial charge in [0.15, 0.2) is 0 Å². The molecule has 1 aliphatic heterocycles. The van der Waals surface area contributed by atoms with E-state index >= 15 is 0 Å². The van der Waals surface area contributed by atoms with Gasteiger partial charge in [0.25, 0.3) is 11.8 Å². The van der Waals surface area contributed by atoms with Gasteiger partial charge in [0, 0.05) is 18.9 Å². The number of hydrogen-bond donors (Lipinski definition) is 1. The van der Waals surface area contributed by atoms with E-state index in [-0.39, 0.29) is 11.3 Å². The maximum Gasteiger partial charge on any atom is 0.294 e. The minimum absolute atomic E-state index is 0.179. The lowest BCUT2D eigenvalue weighted by Crippen LogP contribution is -2.57. The maximum absolute atomic E-state index is 14.1. The molecule has 6 heteroatoms. The molecule has 2 aromatic rings. The van der Waals surface area contributed by atoms with Gasteiger partial charge in [-0.25, -0.2) is 8.78 Å². The van der Waals surface area contributed by atoms with Crippen molar-refractivity contribution in [2.75, 3.05) is 0 Å². The minimum Gasteiger partial charge on any atom is -0.364 e. The first-order valence-electron chi connectivity index (χ1n) is 7.45. The highest BCUT2D eigenvalue weighted by atomic mass is 19.3. The number of alkyl halides is 2. The summed E-state index contributed by atoms with van der Waals surface area (Å²) in [6.07, 6.45) is -0.445. The standard InChI is InChI=1S/C18H16F2N2O2/c1-17(19,20)18(24)12-15(13-8-4-2-5-9-13)21-22(18)16(23)14-10-6-3-7-11-14/h2-11,24H,12H2,1H3/t18-/m0/s1. The van der Waals surface area contributed by atoms with Gasteiger partial charge in [-0.1, -0.05) is 48.5 Å². The van der Waals surface area contributed by atoms with Gasteiger partial charge in [0.05, 0.1) is 5.71 Å². The van der Waals surface area contributed by atoms with Crippen molar-refractivity contribution in [3.63, 3.8) is 0 Å². The van der Waals surface area contributed by atoms with E-state index in [1.165, 1.54) is 12.1 Å². The molecule has 4 nitrogen and oxygen atoms in total. The first-order chi connectivity index (χ1) is 11.3. The third kappa shape index (κ3) is 2.69. The molecule has 0 aromatic heterocycles. The van der Waals surface area contributed by atoms with Crippen LogP contribution in [-0.4, -0.2) is 33.4 Å². The summed E-state index contributed by atoms with van der Waals surface area (Å²) >= 11 is 0. The van der Waals surface area contributed by atoms with Crippen LogP contribution in [0.5, 0.6) is 0 Å². The molecule has 124 valence electrons. The first kappa shape index (κ1) is 16.3. The molecule has 24 heavy (non-hydrogen) atoms. The van der Waals surface area contributed by atoms with Crippen molar-refractivity contribution >= 4 is 11.6 Å². The molecule has 0 unspecified atom stereocenters. The molecule has 1 atom stereocenters. The fourth-order valence-electron chi connectivity index (χ4n) is 2.60. The largest absolute Gasteiger partial charge is 0.364 e. The van der Waals surface area contributed by atoms with Crippen molar-refractivity contribution in [1.82, 2.24) is 5.01 Å². The molecule has 1 heterocycles. The fraction of sp³-hybridized carbons (Fsp3) is 0.222. The molecule has 0 bridgehead atoms. The molecule has 1 aliphatic rings. The van der Waals surface area contributed by atoms with Crippen molar-refractivity contribution in [3.05, 3.63) is 71.8 Å². The minimum atomic E-state index is -3.54. The SMILES string of the molecule is CC(F)(F)[C@@]1(O)CC(c2ccccc2)=NN1C(=O)c1ccccc1. The van der Waals surface area contributed by atoms with Crippen molar-refractivity contribution < 1.29 is 18.7 Å². The number of nitrogens with zero attached hydrogens (tertiary/aromatic N) is 2. The molecular formula is C18H16F2N2O2. The zero-order chi connectivity index (χ0) is 17.4. The summed E-state index contributed by atoms with van der Waals surface area (Å²) in [6, 6.07) is 16.6. The smallest absolute Gasteiger partial charge is 0.294 e. The van der Waals surface area contributed by atoms with E-state index in [0.717, 1.165) is 0 Å². The van der Waals surface area contributed by atoms with Gasteiger partial charge >= 0.3 is 0 Å². The van der Waals surface area contributed by atoms with Gasteiger partial charge in [0.1, 0.15) is 0 Å². The van der Waals surface area contributed by atoms with Gasteiger partial charge in [0.2, 0.25) is 5.72 Å². The van der Waals surface area contributed by atoms with E-state index in [4.69, 9.17) is 0 Å². The third-order valence-corrected chi connectivity index (χ3v) is 4.01. The average Bonchev–Trinajstić information content (AvgIpc) is 2.95. The Kier molecular flexibility index (Phi) is 3.93. The number of carbonyl (C=O) groups excluding carboxylic acids is 1. The Bertz CT molecular complexity index is 773. The first-order valence-corrected chi connectivity index (χ1v) is 7.45. The highest BCUT2D eigenvalue weighted by molar-refractivity contribution is 6.05. The third-order valence-electron chi connectivity index (χ3n) is 4.01. The van der Waals surface area contributed by atoms with E-state index < -0.39 is 24.0 Å². The van der Waals surface area contributed by atoms with E-state index in [9.17, 15) is 18.7 Å². The molecule has 0 radical (unpaired) electrons. The van der Waals surface area contributed by atoms with Crippen LogP contribution in [0.4, 0.5) is 8.78 Å². The lowest BCUT2D eigenvalue weighted by atomic mass is 9.96. The predicted octanol–water partition coefficient (Wildman–Crippen LogP) is 3.28. The quantitative estimate of drug-likeness (QED) is 0.939. The molecule has 2 aromatic carbocycles. The summed E-state index contributed by atoms with van der Waals surface area (Å²) in [5, 5.41) is 15.1. The summed E-state index contributed by atoms with van der Waals surface area (Å²) in [5.41, 5.74) is -1.70. The van der Waals surface area contributed by atoms with E-state index in [2.05, 4.69) is 5.10 Å². The van der Waals surface area contributed by atoms with E-state index in [1.807, 2.05) is 0 Å². The van der Waals surface area contributed by atoms with Crippen LogP contribution in [0.2, 0.25) is 0 Å². The molecule has 1 amide bonds. The predicted molar refractivity (Wildman–Crippen MR) is 85.8 cm³/mol. The summed E-state index contributed by atoms with van der Waals surface area (Å²) < 4.78 is 28.2. The summed E-state index contributed by atoms with van der Waals surface area (Å²) in [5.74, 6) is -4.32. The second kappa shape index (κ2) is 5.79. The summed E-state index contributed by atoms with van der Waals surface area (Å²) in [4.78, 5) is 12.6. The number of hydrazone groups is 1. The van der Waals surface area contributed by atoms with Crippen LogP contribution in [0, 0.1) is 0 Å². The number of hydrogen-bond acceptors (Lipinski definition) is 3. The van der Waals surface area contributed by atoms with Crippen LogP contribution < -0.4 is 0 Å². The van der Waals surface area contributed by atoms with Crippen molar-refractivity contribution in [1.29, 1.82) is 0 Å². The van der Waals surface area contributed by atoms with Crippen LogP contribution in [0.25, 0.3) is 0 Å². The molecule has 3 rings (SSSR count). The maximum atomic E-state index is 14.1. The number of rotatable bonds is 3. The zero-order valence-corrected chi connectivity index (χ0v) is 13.0. The number of halogens is 2. The molecule has 0 saturated carbocycles. The Morgan fingerprint density at radius 1 is 1.12 bits per heavy atom. The molecule has 0 spiro atoms. The topological polar surface area (TPSA) is 52.9 Å². The van der Waals surface area contributed by atoms with Gasteiger partial charge in [-0.15, -0.1) is 0 Å². The number of amides is 1. The summed E-state index contributed by atoms with van der Waals surface area (Å²) in [7, 11) is 0. The number of benzene rings is 2. The van der Waals surface area contributed by atoms with E-state index in [1.54, 1.807) is 48.5 Å². The van der Waals surface area contributed by atoms with Gasteiger partial charge in [-0.2, -0.15) is 10.1 Å². The Morgan fingerprint density at radius 3 is 2.21 bits per heavy atom. The summed E-state index contributed by atoms with van der Waals surface area (Å²) in [6.45, 7) is 0.585. The highest BCUT2D eigenvalue weighted by Gasteiger charge is 2.59. The number of aliphatic hydroxyl groups is 1. The second-order valence-corrected chi connectivity index (χ2v) is 5.78. The van der Waals surface area contributed by atoms with Crippen molar-refractivity contribution in [3.8, 4) is 0 Å². The van der Waals surface area contributed by atoms with Crippen LogP contribution in [0.3, 0.4) is 0 Å². The van der Waals surface area contributed by atoms with Crippen molar-refractivity contribution in [2.24, 2.45) is 5.10 Å². The Morgan fingerprint density at radius 2 is 1.67 bits per heavy atom. The molecule has 0 fully saturated rings. The monoisotopic (exact) mass is 330 g/mol. The Labute approximate surface area is 138 Å². The molecule has 1 N–H and O–H groups in total. The van der Waals surface area contributed by atoms with Crippen molar-refractivity contribution in [2.45, 2.75) is 25.0 Å². The molecular weight excluding hydrogens is 314 g/mol. The second-order valence-electron chi connectivity index (χ2n) is 5.78. The average molecular weight is 330 g/mol. The van der Waals surface area contributed by atoms with Crippen LogP contribution in [-0.2, 0) is 0 Å². The molecule has 0 saturated heterocycles. The van der Waals surface area contributed by atoms with E-state index in [0.29, 0.717) is 17.5 Å². The fourth-order valence-corrected chi connectivity index (χ4v) is 2.60. The highest BCUT2D eigenvalue weighted by Crippen LogP contribution is 2.40. The zero-order valence-electron chi connectivity index (χ0n) is 13.0. The van der Waals surface area contributed by atoms with Gasteiger partial charge < -0.3 is 5.11 Å². The lowest BCUT2D eigenvalue weighted by molar-refractivity contribution is -0.222. The Balaban J connectivity index is 2.05. The Hall–Kier alpha value is -2.60. The molecule has 0 aliphatic carbocycles. The van der Waals surface area contributed by atoms with Crippen LogP contribution in [0.1, 0.15) is 29.3 Å². The van der Waals surface area contributed by atoms with Crippen LogP contribution in [0.15, 0.2) is 65.8 Å². The van der Waals surface area contributed by atoms with Gasteiger partial charge in [-0.05, 0) is 17.7 Å². The van der Waals surface area contributed by atoms with Gasteiger partial charge in [-0.3, -0.25) is 4.79 Å².